The zero-order valence-corrected chi connectivity index (χ0v) is 9.51. The molecule has 0 radical (unpaired) electrons. The van der Waals surface area contributed by atoms with E-state index in [-0.39, 0.29) is 0 Å². The van der Waals surface area contributed by atoms with Crippen LogP contribution in [0.3, 0.4) is 0 Å². The number of hydrogen-bond acceptors (Lipinski definition) is 2. The van der Waals surface area contributed by atoms with E-state index >= 15 is 0 Å². The maximum Gasteiger partial charge on any atom is 0.0536 e. The Kier molecular flexibility index (Phi) is 3.13. The molecule has 82 valence electrons. The molecule has 0 saturated heterocycles. The lowest BCUT2D eigenvalue weighted by molar-refractivity contribution is 0.0435. The lowest BCUT2D eigenvalue weighted by atomic mass is 9.78. The maximum atomic E-state index is 5.47. The summed E-state index contributed by atoms with van der Waals surface area (Å²) in [5.74, 6) is 1.91. The first kappa shape index (κ1) is 10.4. The maximum absolute atomic E-state index is 5.47. The summed E-state index contributed by atoms with van der Waals surface area (Å²) in [7, 11) is 1.85. The van der Waals surface area contributed by atoms with Gasteiger partial charge in [0.05, 0.1) is 6.61 Å². The molecular formula is C12H23NO. The molecule has 0 atom stereocenters. The van der Waals surface area contributed by atoms with E-state index in [0.717, 1.165) is 25.0 Å². The summed E-state index contributed by atoms with van der Waals surface area (Å²) in [6.45, 7) is 5.42. The molecule has 2 saturated carbocycles. The van der Waals surface area contributed by atoms with Gasteiger partial charge in [-0.3, -0.25) is 0 Å². The van der Waals surface area contributed by atoms with E-state index in [1.807, 2.05) is 7.11 Å². The predicted octanol–water partition coefficient (Wildman–Crippen LogP) is 2.05. The highest BCUT2D eigenvalue weighted by atomic mass is 16.5. The summed E-state index contributed by atoms with van der Waals surface area (Å²) in [6, 6.07) is 0. The first-order valence-corrected chi connectivity index (χ1v) is 6.03. The minimum Gasteiger partial charge on any atom is -0.384 e. The topological polar surface area (TPSA) is 21.3 Å². The molecule has 2 fully saturated rings. The van der Waals surface area contributed by atoms with Crippen molar-refractivity contribution in [3.8, 4) is 0 Å². The highest BCUT2D eigenvalue weighted by molar-refractivity contribution is 5.04. The number of rotatable bonds is 7. The minimum absolute atomic E-state index is 0.491. The molecular weight excluding hydrogens is 174 g/mol. The second kappa shape index (κ2) is 4.19. The first-order valence-electron chi connectivity index (χ1n) is 6.03. The quantitative estimate of drug-likeness (QED) is 0.674. The largest absolute Gasteiger partial charge is 0.384 e. The van der Waals surface area contributed by atoms with Gasteiger partial charge in [-0.15, -0.1) is 0 Å². The van der Waals surface area contributed by atoms with Crippen molar-refractivity contribution in [3.05, 3.63) is 0 Å². The minimum atomic E-state index is 0.491. The van der Waals surface area contributed by atoms with Crippen LogP contribution in [-0.2, 0) is 4.74 Å². The Morgan fingerprint density at radius 2 is 1.79 bits per heavy atom. The van der Waals surface area contributed by atoms with E-state index in [9.17, 15) is 0 Å². The molecule has 0 bridgehead atoms. The molecule has 2 aliphatic carbocycles. The molecule has 0 aromatic rings. The van der Waals surface area contributed by atoms with Gasteiger partial charge in [0, 0.05) is 19.1 Å². The monoisotopic (exact) mass is 197 g/mol. The van der Waals surface area contributed by atoms with Crippen LogP contribution in [0.15, 0.2) is 0 Å². The number of nitrogens with one attached hydrogen (secondary N) is 1. The van der Waals surface area contributed by atoms with E-state index in [4.69, 9.17) is 4.74 Å². The van der Waals surface area contributed by atoms with E-state index in [2.05, 4.69) is 12.2 Å². The number of ether oxygens (including phenoxy) is 1. The van der Waals surface area contributed by atoms with Crippen molar-refractivity contribution in [3.63, 3.8) is 0 Å². The van der Waals surface area contributed by atoms with Gasteiger partial charge >= 0.3 is 0 Å². The first-order chi connectivity index (χ1) is 6.83. The third kappa shape index (κ3) is 1.96. The van der Waals surface area contributed by atoms with E-state index in [0.29, 0.717) is 5.41 Å². The van der Waals surface area contributed by atoms with Gasteiger partial charge in [0.15, 0.2) is 0 Å². The van der Waals surface area contributed by atoms with Crippen molar-refractivity contribution in [1.29, 1.82) is 0 Å². The lowest BCUT2D eigenvalue weighted by Crippen LogP contribution is -2.41. The molecule has 0 unspecified atom stereocenters. The molecule has 0 aliphatic heterocycles. The average Bonchev–Trinajstić information content (AvgIpc) is 3.06. The van der Waals surface area contributed by atoms with E-state index < -0.39 is 0 Å². The fourth-order valence-electron chi connectivity index (χ4n) is 2.85. The summed E-state index contributed by atoms with van der Waals surface area (Å²) in [5.41, 5.74) is 0.491. The zero-order valence-electron chi connectivity index (χ0n) is 9.51. The third-order valence-corrected chi connectivity index (χ3v) is 3.90. The van der Waals surface area contributed by atoms with Gasteiger partial charge in [0.2, 0.25) is 0 Å². The molecule has 2 nitrogen and oxygen atoms in total. The van der Waals surface area contributed by atoms with Crippen molar-refractivity contribution in [2.24, 2.45) is 17.3 Å². The lowest BCUT2D eigenvalue weighted by Gasteiger charge is -2.34. The SMILES string of the molecule is CCNCC(COC)(C1CC1)C1CC1. The Labute approximate surface area is 87.4 Å². The molecule has 2 rings (SSSR count). The fourth-order valence-corrected chi connectivity index (χ4v) is 2.85. The summed E-state index contributed by atoms with van der Waals surface area (Å²) in [4.78, 5) is 0. The van der Waals surface area contributed by atoms with Crippen LogP contribution in [0.2, 0.25) is 0 Å². The van der Waals surface area contributed by atoms with Crippen LogP contribution >= 0.6 is 0 Å². The molecule has 0 amide bonds. The van der Waals surface area contributed by atoms with Crippen LogP contribution < -0.4 is 5.32 Å². The molecule has 0 aromatic carbocycles. The Bertz CT molecular complexity index is 173. The Morgan fingerprint density at radius 1 is 1.21 bits per heavy atom. The van der Waals surface area contributed by atoms with Crippen LogP contribution in [0.25, 0.3) is 0 Å². The van der Waals surface area contributed by atoms with Gasteiger partial charge in [-0.05, 0) is 44.1 Å². The number of hydrogen-bond donors (Lipinski definition) is 1. The van der Waals surface area contributed by atoms with Gasteiger partial charge in [-0.2, -0.15) is 0 Å². The van der Waals surface area contributed by atoms with Crippen LogP contribution in [0.1, 0.15) is 32.6 Å². The van der Waals surface area contributed by atoms with Crippen LogP contribution in [-0.4, -0.2) is 26.8 Å². The molecule has 1 N–H and O–H groups in total. The summed E-state index contributed by atoms with van der Waals surface area (Å²) < 4.78 is 5.47. The van der Waals surface area contributed by atoms with Crippen molar-refractivity contribution in [1.82, 2.24) is 5.32 Å². The normalized spacial score (nSPS) is 22.7. The van der Waals surface area contributed by atoms with E-state index in [1.165, 1.54) is 32.2 Å². The smallest absolute Gasteiger partial charge is 0.0536 e. The van der Waals surface area contributed by atoms with Crippen molar-refractivity contribution in [2.45, 2.75) is 32.6 Å². The van der Waals surface area contributed by atoms with Crippen LogP contribution in [0.5, 0.6) is 0 Å². The van der Waals surface area contributed by atoms with Crippen molar-refractivity contribution < 1.29 is 4.74 Å². The highest BCUT2D eigenvalue weighted by Crippen LogP contribution is 2.57. The second-order valence-electron chi connectivity index (χ2n) is 5.00. The van der Waals surface area contributed by atoms with Gasteiger partial charge in [-0.1, -0.05) is 6.92 Å². The molecule has 2 heteroatoms. The van der Waals surface area contributed by atoms with Crippen molar-refractivity contribution >= 4 is 0 Å². The summed E-state index contributed by atoms with van der Waals surface area (Å²) in [6.07, 6.45) is 5.74. The molecule has 2 aliphatic rings. The Balaban J connectivity index is 1.98. The predicted molar refractivity (Wildman–Crippen MR) is 58.3 cm³/mol. The zero-order chi connectivity index (χ0) is 10.0. The standard InChI is InChI=1S/C12H23NO/c1-3-13-8-12(9-14-2,10-4-5-10)11-6-7-11/h10-11,13H,3-9H2,1-2H3. The summed E-state index contributed by atoms with van der Waals surface area (Å²) in [5, 5.41) is 3.54. The van der Waals surface area contributed by atoms with E-state index in [1.54, 1.807) is 0 Å². The fraction of sp³-hybridized carbons (Fsp3) is 1.00. The third-order valence-electron chi connectivity index (χ3n) is 3.90. The van der Waals surface area contributed by atoms with Gasteiger partial charge < -0.3 is 10.1 Å². The Morgan fingerprint density at radius 3 is 2.14 bits per heavy atom. The molecule has 0 aromatic heterocycles. The highest BCUT2D eigenvalue weighted by Gasteiger charge is 2.53. The van der Waals surface area contributed by atoms with Crippen molar-refractivity contribution in [2.75, 3.05) is 26.8 Å². The molecule has 14 heavy (non-hydrogen) atoms. The summed E-state index contributed by atoms with van der Waals surface area (Å²) >= 11 is 0. The molecule has 0 spiro atoms. The van der Waals surface area contributed by atoms with Gasteiger partial charge in [0.25, 0.3) is 0 Å². The molecule has 0 heterocycles. The van der Waals surface area contributed by atoms with Gasteiger partial charge in [-0.25, -0.2) is 0 Å². The van der Waals surface area contributed by atoms with Crippen LogP contribution in [0.4, 0.5) is 0 Å². The second-order valence-corrected chi connectivity index (χ2v) is 5.00. The van der Waals surface area contributed by atoms with Gasteiger partial charge in [0.1, 0.15) is 0 Å². The van der Waals surface area contributed by atoms with Crippen LogP contribution in [0, 0.1) is 17.3 Å². The average molecular weight is 197 g/mol. The number of methoxy groups -OCH3 is 1. The Hall–Kier alpha value is -0.0800.